The normalized spacial score (nSPS) is 14.0. The molecule has 0 atom stereocenters. The fraction of sp³-hybridized carbons (Fsp3) is 0.273. The molecule has 0 aliphatic carbocycles. The molecule has 2 aromatic rings. The van der Waals surface area contributed by atoms with Crippen LogP contribution in [0.15, 0.2) is 23.0 Å². The average Bonchev–Trinajstić information content (AvgIpc) is 2.84. The first-order chi connectivity index (χ1) is 8.84. The number of fused-ring (bicyclic) bond motifs is 1. The molecule has 3 heterocycles. The van der Waals surface area contributed by atoms with Gasteiger partial charge < -0.3 is 14.6 Å². The second kappa shape index (κ2) is 4.53. The summed E-state index contributed by atoms with van der Waals surface area (Å²) in [5, 5.41) is 13.8. The standard InChI is InChI=1S/C11H10N4O3/c16-11(14-7-1-3-12-13-5-7)10-8-6-17-4-2-9(8)18-15-10/h1,3,5H,2,4,6H2,(H,12,14,16). The Hall–Kier alpha value is -2.28. The molecule has 0 unspecified atom stereocenters. The van der Waals surface area contributed by atoms with Crippen LogP contribution in [-0.4, -0.2) is 27.9 Å². The number of nitrogens with one attached hydrogen (secondary N) is 1. The van der Waals surface area contributed by atoms with Crippen molar-refractivity contribution in [2.45, 2.75) is 13.0 Å². The Morgan fingerprint density at radius 2 is 2.33 bits per heavy atom. The third-order valence-electron chi connectivity index (χ3n) is 2.65. The average molecular weight is 246 g/mol. The Morgan fingerprint density at radius 1 is 1.39 bits per heavy atom. The van der Waals surface area contributed by atoms with Crippen molar-refractivity contribution in [2.75, 3.05) is 11.9 Å². The van der Waals surface area contributed by atoms with Crippen LogP contribution in [0.1, 0.15) is 21.8 Å². The van der Waals surface area contributed by atoms with Gasteiger partial charge in [-0.3, -0.25) is 4.79 Å². The minimum absolute atomic E-state index is 0.265. The van der Waals surface area contributed by atoms with Crippen molar-refractivity contribution in [3.8, 4) is 0 Å². The molecule has 1 aliphatic heterocycles. The van der Waals surface area contributed by atoms with Gasteiger partial charge in [0.1, 0.15) is 5.76 Å². The van der Waals surface area contributed by atoms with E-state index in [9.17, 15) is 4.79 Å². The molecule has 0 aromatic carbocycles. The van der Waals surface area contributed by atoms with Crippen LogP contribution >= 0.6 is 0 Å². The van der Waals surface area contributed by atoms with Gasteiger partial charge in [0.15, 0.2) is 5.69 Å². The zero-order valence-corrected chi connectivity index (χ0v) is 9.42. The smallest absolute Gasteiger partial charge is 0.278 e. The number of aromatic nitrogens is 3. The zero-order chi connectivity index (χ0) is 12.4. The van der Waals surface area contributed by atoms with Gasteiger partial charge in [-0.05, 0) is 6.07 Å². The molecule has 2 aromatic heterocycles. The Balaban J connectivity index is 1.83. The van der Waals surface area contributed by atoms with Gasteiger partial charge in [-0.2, -0.15) is 10.2 Å². The van der Waals surface area contributed by atoms with E-state index >= 15 is 0 Å². The first-order valence-electron chi connectivity index (χ1n) is 5.48. The number of carbonyl (C=O) groups excluding carboxylic acids is 1. The van der Waals surface area contributed by atoms with Crippen molar-refractivity contribution in [3.05, 3.63) is 35.5 Å². The van der Waals surface area contributed by atoms with E-state index in [2.05, 4.69) is 20.7 Å². The predicted octanol–water partition coefficient (Wildman–Crippen LogP) is 0.790. The molecule has 3 rings (SSSR count). The van der Waals surface area contributed by atoms with E-state index in [-0.39, 0.29) is 11.6 Å². The lowest BCUT2D eigenvalue weighted by Gasteiger charge is -2.10. The lowest BCUT2D eigenvalue weighted by molar-refractivity contribution is 0.0976. The SMILES string of the molecule is O=C(Nc1ccnnc1)c1noc2c1COCC2. The molecule has 0 bridgehead atoms. The van der Waals surface area contributed by atoms with Gasteiger partial charge in [0.2, 0.25) is 0 Å². The number of nitrogens with zero attached hydrogens (tertiary/aromatic N) is 3. The first kappa shape index (κ1) is 10.8. The van der Waals surface area contributed by atoms with Gasteiger partial charge in [-0.1, -0.05) is 5.16 Å². The van der Waals surface area contributed by atoms with Gasteiger partial charge in [0, 0.05) is 6.42 Å². The minimum Gasteiger partial charge on any atom is -0.376 e. The van der Waals surface area contributed by atoms with Gasteiger partial charge in [0.25, 0.3) is 5.91 Å². The van der Waals surface area contributed by atoms with Crippen molar-refractivity contribution in [1.29, 1.82) is 0 Å². The van der Waals surface area contributed by atoms with Crippen LogP contribution in [0.3, 0.4) is 0 Å². The Labute approximate surface area is 102 Å². The monoisotopic (exact) mass is 246 g/mol. The third kappa shape index (κ3) is 1.95. The number of amides is 1. The summed E-state index contributed by atoms with van der Waals surface area (Å²) in [5.74, 6) is 0.387. The number of hydrogen-bond donors (Lipinski definition) is 1. The van der Waals surface area contributed by atoms with Gasteiger partial charge in [-0.15, -0.1) is 0 Å². The van der Waals surface area contributed by atoms with E-state index in [1.165, 1.54) is 12.4 Å². The van der Waals surface area contributed by atoms with Crippen LogP contribution in [0, 0.1) is 0 Å². The summed E-state index contributed by atoms with van der Waals surface area (Å²) in [5.41, 5.74) is 1.55. The molecular weight excluding hydrogens is 236 g/mol. The molecule has 0 fully saturated rings. The zero-order valence-electron chi connectivity index (χ0n) is 9.42. The largest absolute Gasteiger partial charge is 0.376 e. The number of rotatable bonds is 2. The van der Waals surface area contributed by atoms with Gasteiger partial charge in [0.05, 0.1) is 36.9 Å². The van der Waals surface area contributed by atoms with E-state index in [4.69, 9.17) is 9.26 Å². The summed E-state index contributed by atoms with van der Waals surface area (Å²) in [7, 11) is 0. The highest BCUT2D eigenvalue weighted by atomic mass is 16.5. The number of ether oxygens (including phenoxy) is 1. The molecule has 1 N–H and O–H groups in total. The van der Waals surface area contributed by atoms with Crippen LogP contribution in [0.2, 0.25) is 0 Å². The van der Waals surface area contributed by atoms with Crippen LogP contribution < -0.4 is 5.32 Å². The second-order valence-corrected chi connectivity index (χ2v) is 3.82. The Morgan fingerprint density at radius 3 is 3.17 bits per heavy atom. The van der Waals surface area contributed by atoms with E-state index in [1.807, 2.05) is 0 Å². The third-order valence-corrected chi connectivity index (χ3v) is 2.65. The van der Waals surface area contributed by atoms with Gasteiger partial charge in [-0.25, -0.2) is 0 Å². The lowest BCUT2D eigenvalue weighted by Crippen LogP contribution is -2.17. The highest BCUT2D eigenvalue weighted by Gasteiger charge is 2.24. The fourth-order valence-electron chi connectivity index (χ4n) is 1.76. The van der Waals surface area contributed by atoms with Crippen molar-refractivity contribution in [1.82, 2.24) is 15.4 Å². The predicted molar refractivity (Wildman–Crippen MR) is 59.8 cm³/mol. The van der Waals surface area contributed by atoms with E-state index < -0.39 is 0 Å². The summed E-state index contributed by atoms with van der Waals surface area (Å²) in [6, 6.07) is 1.65. The van der Waals surface area contributed by atoms with E-state index in [1.54, 1.807) is 6.07 Å². The molecule has 92 valence electrons. The number of hydrogen-bond acceptors (Lipinski definition) is 6. The summed E-state index contributed by atoms with van der Waals surface area (Å²) in [4.78, 5) is 12.0. The summed E-state index contributed by atoms with van der Waals surface area (Å²) in [6.45, 7) is 0.952. The van der Waals surface area contributed by atoms with Crippen molar-refractivity contribution in [2.24, 2.45) is 0 Å². The number of anilines is 1. The molecule has 7 nitrogen and oxygen atoms in total. The maximum absolute atomic E-state index is 12.0. The highest BCUT2D eigenvalue weighted by Crippen LogP contribution is 2.21. The summed E-state index contributed by atoms with van der Waals surface area (Å²) < 4.78 is 10.4. The fourth-order valence-corrected chi connectivity index (χ4v) is 1.76. The van der Waals surface area contributed by atoms with Crippen LogP contribution in [0.5, 0.6) is 0 Å². The molecule has 0 spiro atoms. The molecular formula is C11H10N4O3. The number of carbonyl (C=O) groups is 1. The minimum atomic E-state index is -0.335. The van der Waals surface area contributed by atoms with Crippen molar-refractivity contribution in [3.63, 3.8) is 0 Å². The molecule has 1 amide bonds. The summed E-state index contributed by atoms with van der Waals surface area (Å²) >= 11 is 0. The molecule has 0 saturated heterocycles. The van der Waals surface area contributed by atoms with Crippen molar-refractivity contribution < 1.29 is 14.1 Å². The Bertz CT molecular complexity index is 567. The molecule has 0 saturated carbocycles. The van der Waals surface area contributed by atoms with Crippen LogP contribution in [0.4, 0.5) is 5.69 Å². The molecule has 7 heteroatoms. The maximum Gasteiger partial charge on any atom is 0.278 e. The molecule has 18 heavy (non-hydrogen) atoms. The van der Waals surface area contributed by atoms with Crippen LogP contribution in [0.25, 0.3) is 0 Å². The first-order valence-corrected chi connectivity index (χ1v) is 5.48. The topological polar surface area (TPSA) is 90.1 Å². The van der Waals surface area contributed by atoms with Crippen LogP contribution in [-0.2, 0) is 17.8 Å². The van der Waals surface area contributed by atoms with E-state index in [0.717, 1.165) is 11.3 Å². The maximum atomic E-state index is 12.0. The van der Waals surface area contributed by atoms with Crippen molar-refractivity contribution >= 4 is 11.6 Å². The van der Waals surface area contributed by atoms with E-state index in [0.29, 0.717) is 25.3 Å². The Kier molecular flexibility index (Phi) is 2.73. The van der Waals surface area contributed by atoms with Gasteiger partial charge >= 0.3 is 0 Å². The second-order valence-electron chi connectivity index (χ2n) is 3.82. The molecule has 1 aliphatic rings. The summed E-state index contributed by atoms with van der Waals surface area (Å²) in [6.07, 6.45) is 3.60. The highest BCUT2D eigenvalue weighted by molar-refractivity contribution is 6.03. The molecule has 0 radical (unpaired) electrons. The lowest BCUT2D eigenvalue weighted by atomic mass is 10.1. The quantitative estimate of drug-likeness (QED) is 0.842.